The van der Waals surface area contributed by atoms with Gasteiger partial charge >= 0.3 is 0 Å². The predicted octanol–water partition coefficient (Wildman–Crippen LogP) is 0.645. The molecule has 2 heterocycles. The van der Waals surface area contributed by atoms with Crippen molar-refractivity contribution in [3.05, 3.63) is 0 Å². The van der Waals surface area contributed by atoms with Gasteiger partial charge in [0.05, 0.1) is 11.3 Å². The average molecular weight is 331 g/mol. The summed E-state index contributed by atoms with van der Waals surface area (Å²) >= 11 is 0. The van der Waals surface area contributed by atoms with Gasteiger partial charge in [-0.3, -0.25) is 4.79 Å². The van der Waals surface area contributed by atoms with Crippen LogP contribution in [0.2, 0.25) is 0 Å². The second kappa shape index (κ2) is 6.84. The van der Waals surface area contributed by atoms with Crippen molar-refractivity contribution in [3.8, 4) is 0 Å². The fraction of sp³-hybridized carbons (Fsp3) is 0.933. The van der Waals surface area contributed by atoms with Gasteiger partial charge in [-0.2, -0.15) is 0 Å². The van der Waals surface area contributed by atoms with Gasteiger partial charge < -0.3 is 10.2 Å². The maximum absolute atomic E-state index is 12.3. The van der Waals surface area contributed by atoms with Crippen LogP contribution >= 0.6 is 0 Å². The van der Waals surface area contributed by atoms with Crippen LogP contribution in [0.5, 0.6) is 0 Å². The van der Waals surface area contributed by atoms with Crippen molar-refractivity contribution in [2.45, 2.75) is 57.4 Å². The molecule has 2 fully saturated rings. The lowest BCUT2D eigenvalue weighted by molar-refractivity contribution is -0.128. The van der Waals surface area contributed by atoms with Gasteiger partial charge in [0.25, 0.3) is 0 Å². The van der Waals surface area contributed by atoms with E-state index in [-0.39, 0.29) is 29.2 Å². The Balaban J connectivity index is 2.00. The van der Waals surface area contributed by atoms with Crippen LogP contribution in [-0.2, 0) is 14.8 Å². The first-order valence-electron chi connectivity index (χ1n) is 8.27. The van der Waals surface area contributed by atoms with Gasteiger partial charge in [0, 0.05) is 32.7 Å². The van der Waals surface area contributed by atoms with Crippen molar-refractivity contribution in [1.29, 1.82) is 0 Å². The topological polar surface area (TPSA) is 69.7 Å². The SMILES string of the molecule is CC[C@@H]1CN(S(=O)(=O)C(C)C)CC[C@@H]1N[C@H]1CCN(C)C1=O. The molecular weight excluding hydrogens is 302 g/mol. The Morgan fingerprint density at radius 1 is 1.27 bits per heavy atom. The molecular formula is C15H29N3O3S. The molecule has 1 N–H and O–H groups in total. The first-order chi connectivity index (χ1) is 10.3. The van der Waals surface area contributed by atoms with Crippen LogP contribution in [0.3, 0.4) is 0 Å². The van der Waals surface area contributed by atoms with E-state index in [0.29, 0.717) is 13.1 Å². The lowest BCUT2D eigenvalue weighted by Gasteiger charge is -2.39. The Morgan fingerprint density at radius 3 is 2.45 bits per heavy atom. The van der Waals surface area contributed by atoms with Crippen molar-refractivity contribution in [3.63, 3.8) is 0 Å². The standard InChI is InChI=1S/C15H29N3O3S/c1-5-12-10-18(22(20,21)11(2)3)9-7-13(12)16-14-6-8-17(4)15(14)19/h11-14,16H,5-10H2,1-4H3/t12-,13+,14+/m1/s1. The number of likely N-dealkylation sites (N-methyl/N-ethyl adjacent to an activating group) is 1. The van der Waals surface area contributed by atoms with E-state index < -0.39 is 10.0 Å². The maximum atomic E-state index is 12.3. The lowest BCUT2D eigenvalue weighted by atomic mass is 9.90. The number of carbonyl (C=O) groups is 1. The van der Waals surface area contributed by atoms with Crippen molar-refractivity contribution >= 4 is 15.9 Å². The summed E-state index contributed by atoms with van der Waals surface area (Å²) in [6.07, 6.45) is 2.53. The number of piperidine rings is 1. The Kier molecular flexibility index (Phi) is 5.50. The first kappa shape index (κ1) is 17.7. The van der Waals surface area contributed by atoms with Crippen molar-refractivity contribution in [2.24, 2.45) is 5.92 Å². The molecule has 0 spiro atoms. The third-order valence-electron chi connectivity index (χ3n) is 5.02. The van der Waals surface area contributed by atoms with E-state index in [1.54, 1.807) is 23.1 Å². The van der Waals surface area contributed by atoms with Gasteiger partial charge in [0.15, 0.2) is 0 Å². The molecule has 2 aliphatic rings. The molecule has 128 valence electrons. The third-order valence-corrected chi connectivity index (χ3v) is 7.26. The normalized spacial score (nSPS) is 31.2. The largest absolute Gasteiger partial charge is 0.344 e. The minimum atomic E-state index is -3.18. The van der Waals surface area contributed by atoms with E-state index in [4.69, 9.17) is 0 Å². The molecule has 0 bridgehead atoms. The number of amides is 1. The summed E-state index contributed by atoms with van der Waals surface area (Å²) in [6, 6.07) is 0.126. The van der Waals surface area contributed by atoms with Crippen LogP contribution in [0.15, 0.2) is 0 Å². The van der Waals surface area contributed by atoms with Crippen LogP contribution in [0.4, 0.5) is 0 Å². The summed E-state index contributed by atoms with van der Waals surface area (Å²) in [7, 11) is -1.35. The monoisotopic (exact) mass is 331 g/mol. The van der Waals surface area contributed by atoms with E-state index in [1.807, 2.05) is 7.05 Å². The van der Waals surface area contributed by atoms with Crippen molar-refractivity contribution in [2.75, 3.05) is 26.7 Å². The predicted molar refractivity (Wildman–Crippen MR) is 87.0 cm³/mol. The molecule has 0 saturated carbocycles. The molecule has 2 aliphatic heterocycles. The second-order valence-electron chi connectivity index (χ2n) is 6.78. The summed E-state index contributed by atoms with van der Waals surface area (Å²) in [4.78, 5) is 13.8. The van der Waals surface area contributed by atoms with E-state index in [0.717, 1.165) is 25.8 Å². The zero-order chi connectivity index (χ0) is 16.5. The smallest absolute Gasteiger partial charge is 0.239 e. The number of nitrogens with zero attached hydrogens (tertiary/aromatic N) is 2. The summed E-state index contributed by atoms with van der Waals surface area (Å²) < 4.78 is 26.3. The molecule has 2 rings (SSSR count). The first-order valence-corrected chi connectivity index (χ1v) is 9.77. The maximum Gasteiger partial charge on any atom is 0.239 e. The molecule has 0 aromatic rings. The van der Waals surface area contributed by atoms with Gasteiger partial charge in [0.1, 0.15) is 0 Å². The number of sulfonamides is 1. The molecule has 3 atom stereocenters. The highest BCUT2D eigenvalue weighted by molar-refractivity contribution is 7.89. The molecule has 2 saturated heterocycles. The zero-order valence-corrected chi connectivity index (χ0v) is 14.9. The van der Waals surface area contributed by atoms with Crippen LogP contribution in [-0.4, -0.2) is 67.5 Å². The number of rotatable bonds is 5. The number of hydrogen-bond acceptors (Lipinski definition) is 4. The number of nitrogens with one attached hydrogen (secondary N) is 1. The van der Waals surface area contributed by atoms with Gasteiger partial charge in [-0.15, -0.1) is 0 Å². The zero-order valence-electron chi connectivity index (χ0n) is 14.1. The molecule has 0 aromatic carbocycles. The third kappa shape index (κ3) is 3.46. The van der Waals surface area contributed by atoms with E-state index in [9.17, 15) is 13.2 Å². The quantitative estimate of drug-likeness (QED) is 0.803. The molecule has 0 aromatic heterocycles. The molecule has 6 nitrogen and oxygen atoms in total. The molecule has 1 amide bonds. The summed E-state index contributed by atoms with van der Waals surface area (Å²) in [5, 5.41) is 3.11. The highest BCUT2D eigenvalue weighted by atomic mass is 32.2. The summed E-state index contributed by atoms with van der Waals surface area (Å²) in [5.74, 6) is 0.424. The molecule has 7 heteroatoms. The van der Waals surface area contributed by atoms with E-state index in [2.05, 4.69) is 12.2 Å². The molecule has 0 radical (unpaired) electrons. The number of carbonyl (C=O) groups excluding carboxylic acids is 1. The lowest BCUT2D eigenvalue weighted by Crippen LogP contribution is -2.55. The van der Waals surface area contributed by atoms with Crippen molar-refractivity contribution in [1.82, 2.24) is 14.5 Å². The number of hydrogen-bond donors (Lipinski definition) is 1. The summed E-state index contributed by atoms with van der Waals surface area (Å²) in [5.41, 5.74) is 0. The van der Waals surface area contributed by atoms with Gasteiger partial charge in [-0.05, 0) is 32.6 Å². The molecule has 0 aliphatic carbocycles. The van der Waals surface area contributed by atoms with Gasteiger partial charge in [-0.1, -0.05) is 13.3 Å². The van der Waals surface area contributed by atoms with E-state index >= 15 is 0 Å². The van der Waals surface area contributed by atoms with Crippen molar-refractivity contribution < 1.29 is 13.2 Å². The minimum absolute atomic E-state index is 0.0997. The highest BCUT2D eigenvalue weighted by Crippen LogP contribution is 2.25. The van der Waals surface area contributed by atoms with E-state index in [1.165, 1.54) is 0 Å². The summed E-state index contributed by atoms with van der Waals surface area (Å²) in [6.45, 7) is 7.46. The van der Waals surface area contributed by atoms with Crippen LogP contribution in [0.25, 0.3) is 0 Å². The Bertz CT molecular complexity index is 506. The Morgan fingerprint density at radius 2 is 1.95 bits per heavy atom. The second-order valence-corrected chi connectivity index (χ2v) is 9.27. The van der Waals surface area contributed by atoms with Gasteiger partial charge in [-0.25, -0.2) is 12.7 Å². The minimum Gasteiger partial charge on any atom is -0.344 e. The fourth-order valence-electron chi connectivity index (χ4n) is 3.40. The fourth-order valence-corrected chi connectivity index (χ4v) is 4.75. The van der Waals surface area contributed by atoms with Crippen LogP contribution in [0, 0.1) is 5.92 Å². The molecule has 0 unspecified atom stereocenters. The number of likely N-dealkylation sites (tertiary alicyclic amines) is 1. The molecule has 22 heavy (non-hydrogen) atoms. The average Bonchev–Trinajstić information content (AvgIpc) is 2.79. The Hall–Kier alpha value is -0.660. The van der Waals surface area contributed by atoms with Crippen LogP contribution < -0.4 is 5.32 Å². The Labute approximate surface area is 134 Å². The van der Waals surface area contributed by atoms with Gasteiger partial charge in [0.2, 0.25) is 15.9 Å². The highest BCUT2D eigenvalue weighted by Gasteiger charge is 2.38. The van der Waals surface area contributed by atoms with Crippen LogP contribution in [0.1, 0.15) is 40.0 Å².